The third-order valence-corrected chi connectivity index (χ3v) is 5.18. The molecule has 0 aliphatic carbocycles. The van der Waals surface area contributed by atoms with Gasteiger partial charge in [-0.2, -0.15) is 0 Å². The third-order valence-electron chi connectivity index (χ3n) is 3.23. The Balaban J connectivity index is 2.33. The second kappa shape index (κ2) is 5.24. The molecular formula is C13H16N2O4S. The molecule has 0 bridgehead atoms. The first-order chi connectivity index (χ1) is 9.33. The van der Waals surface area contributed by atoms with Crippen LogP contribution in [0.15, 0.2) is 18.2 Å². The molecule has 7 heteroatoms. The van der Waals surface area contributed by atoms with Crippen LogP contribution in [0.3, 0.4) is 0 Å². The van der Waals surface area contributed by atoms with Gasteiger partial charge in [-0.25, -0.2) is 13.4 Å². The van der Waals surface area contributed by atoms with Gasteiger partial charge >= 0.3 is 5.97 Å². The SMILES string of the molecule is CCc1ccc2nc(CS(=O)(=O)C(C)C(=O)O)[nH]c2c1. The Morgan fingerprint density at radius 3 is 2.75 bits per heavy atom. The Kier molecular flexibility index (Phi) is 3.80. The van der Waals surface area contributed by atoms with Crippen molar-refractivity contribution in [2.45, 2.75) is 31.3 Å². The normalized spacial score (nSPS) is 13.5. The number of nitrogens with one attached hydrogen (secondary N) is 1. The summed E-state index contributed by atoms with van der Waals surface area (Å²) in [5, 5.41) is 7.35. The Morgan fingerprint density at radius 1 is 1.45 bits per heavy atom. The topological polar surface area (TPSA) is 100 Å². The molecule has 0 saturated heterocycles. The molecule has 1 aromatic carbocycles. The molecule has 0 fully saturated rings. The highest BCUT2D eigenvalue weighted by molar-refractivity contribution is 7.91. The maximum Gasteiger partial charge on any atom is 0.321 e. The molecule has 6 nitrogen and oxygen atoms in total. The van der Waals surface area contributed by atoms with E-state index in [4.69, 9.17) is 5.11 Å². The van der Waals surface area contributed by atoms with Crippen molar-refractivity contribution < 1.29 is 18.3 Å². The maximum absolute atomic E-state index is 11.9. The summed E-state index contributed by atoms with van der Waals surface area (Å²) in [6, 6.07) is 5.67. The van der Waals surface area contributed by atoms with E-state index in [-0.39, 0.29) is 5.82 Å². The molecule has 2 rings (SSSR count). The largest absolute Gasteiger partial charge is 0.480 e. The summed E-state index contributed by atoms with van der Waals surface area (Å²) in [6.07, 6.45) is 0.874. The summed E-state index contributed by atoms with van der Waals surface area (Å²) in [5.41, 5.74) is 2.56. The van der Waals surface area contributed by atoms with E-state index in [1.165, 1.54) is 0 Å². The Bertz CT molecular complexity index is 749. The number of aryl methyl sites for hydroxylation is 1. The van der Waals surface area contributed by atoms with Crippen LogP contribution in [0.5, 0.6) is 0 Å². The predicted octanol–water partition coefficient (Wildman–Crippen LogP) is 1.51. The maximum atomic E-state index is 11.9. The lowest BCUT2D eigenvalue weighted by Crippen LogP contribution is -2.28. The highest BCUT2D eigenvalue weighted by Gasteiger charge is 2.28. The predicted molar refractivity (Wildman–Crippen MR) is 75.2 cm³/mol. The first-order valence-corrected chi connectivity index (χ1v) is 7.97. The smallest absolute Gasteiger partial charge is 0.321 e. The van der Waals surface area contributed by atoms with Crippen molar-refractivity contribution in [3.8, 4) is 0 Å². The van der Waals surface area contributed by atoms with E-state index < -0.39 is 26.8 Å². The van der Waals surface area contributed by atoms with Gasteiger partial charge in [-0.1, -0.05) is 13.0 Å². The number of aromatic amines is 1. The van der Waals surface area contributed by atoms with Crippen molar-refractivity contribution >= 4 is 26.8 Å². The van der Waals surface area contributed by atoms with Gasteiger partial charge in [0.25, 0.3) is 0 Å². The number of aliphatic carboxylic acids is 1. The van der Waals surface area contributed by atoms with Crippen LogP contribution in [0.1, 0.15) is 25.2 Å². The molecule has 1 heterocycles. The number of imidazole rings is 1. The quantitative estimate of drug-likeness (QED) is 0.871. The zero-order valence-electron chi connectivity index (χ0n) is 11.3. The summed E-state index contributed by atoms with van der Waals surface area (Å²) in [5.74, 6) is -1.49. The zero-order valence-corrected chi connectivity index (χ0v) is 12.1. The molecule has 1 aromatic heterocycles. The van der Waals surface area contributed by atoms with Crippen LogP contribution in [-0.2, 0) is 26.8 Å². The number of carboxylic acids is 1. The summed E-state index contributed by atoms with van der Waals surface area (Å²) in [4.78, 5) is 17.9. The minimum Gasteiger partial charge on any atom is -0.480 e. The lowest BCUT2D eigenvalue weighted by Gasteiger charge is -2.06. The van der Waals surface area contributed by atoms with Crippen molar-refractivity contribution in [2.75, 3.05) is 0 Å². The van der Waals surface area contributed by atoms with Crippen LogP contribution in [0.2, 0.25) is 0 Å². The fourth-order valence-corrected chi connectivity index (χ4v) is 2.94. The number of rotatable bonds is 5. The third kappa shape index (κ3) is 2.82. The Morgan fingerprint density at radius 2 is 2.15 bits per heavy atom. The van der Waals surface area contributed by atoms with E-state index in [0.29, 0.717) is 5.52 Å². The van der Waals surface area contributed by atoms with Gasteiger partial charge < -0.3 is 10.1 Å². The molecule has 20 heavy (non-hydrogen) atoms. The van der Waals surface area contributed by atoms with E-state index in [0.717, 1.165) is 24.4 Å². The van der Waals surface area contributed by atoms with Gasteiger partial charge in [-0.3, -0.25) is 4.79 Å². The molecule has 2 N–H and O–H groups in total. The molecule has 0 radical (unpaired) electrons. The molecule has 2 aromatic rings. The number of carbonyl (C=O) groups is 1. The van der Waals surface area contributed by atoms with Crippen LogP contribution in [0.4, 0.5) is 0 Å². The van der Waals surface area contributed by atoms with Gasteiger partial charge in [0.05, 0.1) is 11.0 Å². The van der Waals surface area contributed by atoms with Crippen molar-refractivity contribution in [1.29, 1.82) is 0 Å². The number of benzene rings is 1. The van der Waals surface area contributed by atoms with Gasteiger partial charge in [-0.15, -0.1) is 0 Å². The first kappa shape index (κ1) is 14.5. The molecule has 0 aliphatic heterocycles. The number of sulfone groups is 1. The molecular weight excluding hydrogens is 280 g/mol. The fourth-order valence-electron chi connectivity index (χ4n) is 1.87. The molecule has 108 valence electrons. The number of nitrogens with zero attached hydrogens (tertiary/aromatic N) is 1. The van der Waals surface area contributed by atoms with Gasteiger partial charge in [0.2, 0.25) is 0 Å². The second-order valence-corrected chi connectivity index (χ2v) is 7.00. The van der Waals surface area contributed by atoms with Crippen LogP contribution in [0, 0.1) is 0 Å². The van der Waals surface area contributed by atoms with Crippen LogP contribution in [-0.4, -0.2) is 34.7 Å². The molecule has 0 amide bonds. The average molecular weight is 296 g/mol. The van der Waals surface area contributed by atoms with Crippen molar-refractivity contribution in [2.24, 2.45) is 0 Å². The summed E-state index contributed by atoms with van der Waals surface area (Å²) in [7, 11) is -3.77. The number of hydrogen-bond donors (Lipinski definition) is 2. The van der Waals surface area contributed by atoms with Crippen molar-refractivity contribution in [3.05, 3.63) is 29.6 Å². The van der Waals surface area contributed by atoms with E-state index >= 15 is 0 Å². The van der Waals surface area contributed by atoms with E-state index in [9.17, 15) is 13.2 Å². The summed E-state index contributed by atoms with van der Waals surface area (Å²) in [6.45, 7) is 3.19. The average Bonchev–Trinajstić information content (AvgIpc) is 2.77. The molecule has 0 saturated carbocycles. The number of H-pyrrole nitrogens is 1. The van der Waals surface area contributed by atoms with Gasteiger partial charge in [0, 0.05) is 0 Å². The van der Waals surface area contributed by atoms with Crippen LogP contribution < -0.4 is 0 Å². The molecule has 0 spiro atoms. The van der Waals surface area contributed by atoms with Gasteiger partial charge in [0.15, 0.2) is 15.1 Å². The standard InChI is InChI=1S/C13H16N2O4S/c1-3-9-4-5-10-11(6-9)15-12(14-10)7-20(18,19)8(2)13(16)17/h4-6,8H,3,7H2,1-2H3,(H,14,15)(H,16,17). The van der Waals surface area contributed by atoms with Crippen molar-refractivity contribution in [3.63, 3.8) is 0 Å². The summed E-state index contributed by atoms with van der Waals surface area (Å²) < 4.78 is 23.8. The monoisotopic (exact) mass is 296 g/mol. The Hall–Kier alpha value is -1.89. The second-order valence-electron chi connectivity index (χ2n) is 4.68. The van der Waals surface area contributed by atoms with Crippen LogP contribution >= 0.6 is 0 Å². The highest BCUT2D eigenvalue weighted by Crippen LogP contribution is 2.17. The Labute approximate surface area is 116 Å². The van der Waals surface area contributed by atoms with Gasteiger partial charge in [0.1, 0.15) is 11.6 Å². The van der Waals surface area contributed by atoms with Crippen LogP contribution in [0.25, 0.3) is 11.0 Å². The highest BCUT2D eigenvalue weighted by atomic mass is 32.2. The van der Waals surface area contributed by atoms with Crippen molar-refractivity contribution in [1.82, 2.24) is 9.97 Å². The van der Waals surface area contributed by atoms with E-state index in [1.807, 2.05) is 25.1 Å². The molecule has 0 aliphatic rings. The minimum atomic E-state index is -3.77. The lowest BCUT2D eigenvalue weighted by atomic mass is 10.1. The minimum absolute atomic E-state index is 0.265. The van der Waals surface area contributed by atoms with Gasteiger partial charge in [-0.05, 0) is 31.0 Å². The molecule has 1 atom stereocenters. The zero-order chi connectivity index (χ0) is 14.9. The first-order valence-electron chi connectivity index (χ1n) is 6.25. The van der Waals surface area contributed by atoms with E-state index in [2.05, 4.69) is 9.97 Å². The number of aromatic nitrogens is 2. The fraction of sp³-hybridized carbons (Fsp3) is 0.385. The number of fused-ring (bicyclic) bond motifs is 1. The molecule has 1 unspecified atom stereocenters. The number of carboxylic acid groups (broad SMARTS) is 1. The van der Waals surface area contributed by atoms with E-state index in [1.54, 1.807) is 0 Å². The number of hydrogen-bond acceptors (Lipinski definition) is 4. The summed E-state index contributed by atoms with van der Waals surface area (Å²) >= 11 is 0. The lowest BCUT2D eigenvalue weighted by molar-refractivity contribution is -0.136.